The molecule has 1 aliphatic heterocycles. The number of benzene rings is 1. The van der Waals surface area contributed by atoms with Gasteiger partial charge in [0.1, 0.15) is 11.6 Å². The zero-order valence-corrected chi connectivity index (χ0v) is 11.9. The van der Waals surface area contributed by atoms with Gasteiger partial charge in [-0.05, 0) is 44.0 Å². The molecule has 1 fully saturated rings. The van der Waals surface area contributed by atoms with E-state index in [2.05, 4.69) is 5.32 Å². The fourth-order valence-corrected chi connectivity index (χ4v) is 2.18. The van der Waals surface area contributed by atoms with Crippen LogP contribution in [0.15, 0.2) is 36.0 Å². The first-order chi connectivity index (χ1) is 10.1. The number of amides is 1. The van der Waals surface area contributed by atoms with Gasteiger partial charge in [-0.25, -0.2) is 0 Å². The van der Waals surface area contributed by atoms with Crippen molar-refractivity contribution in [2.24, 2.45) is 0 Å². The van der Waals surface area contributed by atoms with E-state index in [0.29, 0.717) is 11.3 Å². The monoisotopic (exact) mass is 283 g/mol. The first-order valence-electron chi connectivity index (χ1n) is 6.88. The highest BCUT2D eigenvalue weighted by Crippen LogP contribution is 2.13. The molecule has 0 spiro atoms. The minimum Gasteiger partial charge on any atom is -0.376 e. The highest BCUT2D eigenvalue weighted by molar-refractivity contribution is 6.06. The summed E-state index contributed by atoms with van der Waals surface area (Å²) in [6.45, 7) is 3.25. The van der Waals surface area contributed by atoms with E-state index in [-0.39, 0.29) is 11.4 Å². The molecule has 5 heteroatoms. The normalized spacial score (nSPS) is 14.7. The summed E-state index contributed by atoms with van der Waals surface area (Å²) in [7, 11) is 0. The molecule has 0 aromatic heterocycles. The Balaban J connectivity index is 2.05. The summed E-state index contributed by atoms with van der Waals surface area (Å²) in [4.78, 5) is 25.2. The summed E-state index contributed by atoms with van der Waals surface area (Å²) in [6, 6.07) is 8.53. The van der Waals surface area contributed by atoms with Crippen LogP contribution in [0, 0.1) is 11.3 Å². The number of ketones is 1. The highest BCUT2D eigenvalue weighted by atomic mass is 16.1. The maximum Gasteiger partial charge on any atom is 0.267 e. The molecule has 0 aliphatic carbocycles. The van der Waals surface area contributed by atoms with Gasteiger partial charge in [0.15, 0.2) is 5.78 Å². The van der Waals surface area contributed by atoms with Gasteiger partial charge < -0.3 is 10.2 Å². The number of hydrogen-bond donors (Lipinski definition) is 1. The van der Waals surface area contributed by atoms with E-state index in [4.69, 9.17) is 5.26 Å². The van der Waals surface area contributed by atoms with Gasteiger partial charge in [0.05, 0.1) is 0 Å². The van der Waals surface area contributed by atoms with Crippen LogP contribution in [0.3, 0.4) is 0 Å². The largest absolute Gasteiger partial charge is 0.376 e. The van der Waals surface area contributed by atoms with Crippen molar-refractivity contribution in [1.82, 2.24) is 4.90 Å². The van der Waals surface area contributed by atoms with Crippen LogP contribution in [0.1, 0.15) is 30.1 Å². The number of nitrogens with one attached hydrogen (secondary N) is 1. The van der Waals surface area contributed by atoms with Crippen molar-refractivity contribution in [2.45, 2.75) is 19.8 Å². The molecule has 1 heterocycles. The van der Waals surface area contributed by atoms with E-state index in [0.717, 1.165) is 25.9 Å². The van der Waals surface area contributed by atoms with E-state index in [9.17, 15) is 9.59 Å². The summed E-state index contributed by atoms with van der Waals surface area (Å²) >= 11 is 0. The van der Waals surface area contributed by atoms with E-state index >= 15 is 0 Å². The molecule has 5 nitrogen and oxygen atoms in total. The number of nitriles is 1. The molecule has 108 valence electrons. The summed E-state index contributed by atoms with van der Waals surface area (Å²) in [6.07, 6.45) is 3.79. The van der Waals surface area contributed by atoms with Gasteiger partial charge in [0.2, 0.25) is 0 Å². The van der Waals surface area contributed by atoms with Crippen LogP contribution in [0.25, 0.3) is 0 Å². The van der Waals surface area contributed by atoms with Crippen molar-refractivity contribution < 1.29 is 9.59 Å². The SMILES string of the molecule is CC(=O)c1ccc(NC(=O)/C(C#N)=C\N2CCCC2)cc1. The molecule has 1 aliphatic rings. The molecule has 0 unspecified atom stereocenters. The number of rotatable bonds is 4. The Bertz CT molecular complexity index is 605. The van der Waals surface area contributed by atoms with Crippen molar-refractivity contribution in [1.29, 1.82) is 5.26 Å². The lowest BCUT2D eigenvalue weighted by Gasteiger charge is -2.12. The Morgan fingerprint density at radius 2 is 1.86 bits per heavy atom. The molecule has 1 amide bonds. The summed E-state index contributed by atoms with van der Waals surface area (Å²) in [5.41, 5.74) is 1.24. The fraction of sp³-hybridized carbons (Fsp3) is 0.312. The number of Topliss-reactive ketones (excluding diaryl/α,β-unsaturated/α-hetero) is 1. The van der Waals surface area contributed by atoms with Crippen molar-refractivity contribution in [3.05, 3.63) is 41.6 Å². The van der Waals surface area contributed by atoms with E-state index in [1.807, 2.05) is 11.0 Å². The zero-order valence-electron chi connectivity index (χ0n) is 11.9. The second-order valence-corrected chi connectivity index (χ2v) is 4.99. The van der Waals surface area contributed by atoms with E-state index in [1.54, 1.807) is 30.5 Å². The average Bonchev–Trinajstić information content (AvgIpc) is 2.98. The van der Waals surface area contributed by atoms with Crippen LogP contribution < -0.4 is 5.32 Å². The third-order valence-electron chi connectivity index (χ3n) is 3.37. The molecule has 0 bridgehead atoms. The number of anilines is 1. The maximum absolute atomic E-state index is 12.1. The molecule has 1 N–H and O–H groups in total. The van der Waals surface area contributed by atoms with Gasteiger partial charge in [-0.1, -0.05) is 0 Å². The Morgan fingerprint density at radius 3 is 2.38 bits per heavy atom. The predicted molar refractivity (Wildman–Crippen MR) is 79.6 cm³/mol. The number of carbonyl (C=O) groups excluding carboxylic acids is 2. The van der Waals surface area contributed by atoms with Crippen molar-refractivity contribution >= 4 is 17.4 Å². The zero-order chi connectivity index (χ0) is 15.2. The van der Waals surface area contributed by atoms with Gasteiger partial charge in [0.25, 0.3) is 5.91 Å². The van der Waals surface area contributed by atoms with Crippen LogP contribution in [-0.4, -0.2) is 29.7 Å². The van der Waals surface area contributed by atoms with Gasteiger partial charge >= 0.3 is 0 Å². The minimum absolute atomic E-state index is 0.0282. The molecular formula is C16H17N3O2. The van der Waals surface area contributed by atoms with Gasteiger partial charge in [-0.3, -0.25) is 9.59 Å². The number of carbonyl (C=O) groups is 2. The van der Waals surface area contributed by atoms with Crippen molar-refractivity contribution in [2.75, 3.05) is 18.4 Å². The smallest absolute Gasteiger partial charge is 0.267 e. The number of hydrogen-bond acceptors (Lipinski definition) is 4. The lowest BCUT2D eigenvalue weighted by molar-refractivity contribution is -0.112. The third-order valence-corrected chi connectivity index (χ3v) is 3.37. The molecule has 2 rings (SSSR count). The molecule has 1 aromatic carbocycles. The molecule has 0 saturated carbocycles. The summed E-state index contributed by atoms with van der Waals surface area (Å²) in [5, 5.41) is 11.8. The molecule has 21 heavy (non-hydrogen) atoms. The number of nitrogens with zero attached hydrogens (tertiary/aromatic N) is 2. The van der Waals surface area contributed by atoms with E-state index in [1.165, 1.54) is 6.92 Å². The lowest BCUT2D eigenvalue weighted by atomic mass is 10.1. The van der Waals surface area contributed by atoms with Crippen LogP contribution in [-0.2, 0) is 4.79 Å². The van der Waals surface area contributed by atoms with Crippen molar-refractivity contribution in [3.63, 3.8) is 0 Å². The summed E-state index contributed by atoms with van der Waals surface area (Å²) < 4.78 is 0. The second-order valence-electron chi connectivity index (χ2n) is 4.99. The summed E-state index contributed by atoms with van der Waals surface area (Å²) in [5.74, 6) is -0.459. The average molecular weight is 283 g/mol. The standard InChI is InChI=1S/C16H17N3O2/c1-12(20)13-4-6-15(7-5-13)18-16(21)14(10-17)11-19-8-2-3-9-19/h4-7,11H,2-3,8-9H2,1H3,(H,18,21)/b14-11-. The fourth-order valence-electron chi connectivity index (χ4n) is 2.18. The predicted octanol–water partition coefficient (Wildman–Crippen LogP) is 2.33. The second kappa shape index (κ2) is 6.71. The van der Waals surface area contributed by atoms with Crippen molar-refractivity contribution in [3.8, 4) is 6.07 Å². The molecule has 0 atom stereocenters. The molecule has 0 radical (unpaired) electrons. The third kappa shape index (κ3) is 3.93. The lowest BCUT2D eigenvalue weighted by Crippen LogP contribution is -2.18. The first-order valence-corrected chi connectivity index (χ1v) is 6.88. The van der Waals surface area contributed by atoms with Gasteiger partial charge in [-0.2, -0.15) is 5.26 Å². The van der Waals surface area contributed by atoms with Crippen LogP contribution in [0.2, 0.25) is 0 Å². The Kier molecular flexibility index (Phi) is 4.72. The topological polar surface area (TPSA) is 73.2 Å². The molecular weight excluding hydrogens is 266 g/mol. The number of likely N-dealkylation sites (tertiary alicyclic amines) is 1. The molecule has 1 aromatic rings. The van der Waals surface area contributed by atoms with Crippen LogP contribution >= 0.6 is 0 Å². The Morgan fingerprint density at radius 1 is 1.24 bits per heavy atom. The Hall–Kier alpha value is -2.61. The first kappa shape index (κ1) is 14.8. The van der Waals surface area contributed by atoms with Crippen LogP contribution in [0.4, 0.5) is 5.69 Å². The highest BCUT2D eigenvalue weighted by Gasteiger charge is 2.14. The van der Waals surface area contributed by atoms with Gasteiger partial charge in [0, 0.05) is 30.5 Å². The van der Waals surface area contributed by atoms with Gasteiger partial charge in [-0.15, -0.1) is 0 Å². The quantitative estimate of drug-likeness (QED) is 0.523. The minimum atomic E-state index is -0.431. The molecule has 1 saturated heterocycles. The van der Waals surface area contributed by atoms with E-state index < -0.39 is 5.91 Å². The maximum atomic E-state index is 12.1. The Labute approximate surface area is 123 Å². The van der Waals surface area contributed by atoms with Crippen LogP contribution in [0.5, 0.6) is 0 Å².